The van der Waals surface area contributed by atoms with Crippen LogP contribution in [0.1, 0.15) is 19.4 Å². The molecule has 1 rings (SSSR count). The number of benzene rings is 1. The zero-order valence-corrected chi connectivity index (χ0v) is 7.77. The fraction of sp³-hybridized carbons (Fsp3) is 0.300. The van der Waals surface area contributed by atoms with E-state index in [9.17, 15) is 0 Å². The maximum Gasteiger partial charge on any atom is 0.120 e. The number of oxime groups is 1. The molecular weight excluding hydrogens is 166 g/mol. The Hall–Kier alpha value is -1.51. The highest BCUT2D eigenvalue weighted by Gasteiger charge is 1.97. The van der Waals surface area contributed by atoms with Gasteiger partial charge in [0.2, 0.25) is 0 Å². The van der Waals surface area contributed by atoms with Gasteiger partial charge in [0.15, 0.2) is 0 Å². The second-order valence-electron chi connectivity index (χ2n) is 2.98. The van der Waals surface area contributed by atoms with Gasteiger partial charge in [-0.05, 0) is 31.5 Å². The first-order valence-corrected chi connectivity index (χ1v) is 4.16. The summed E-state index contributed by atoms with van der Waals surface area (Å²) in [5.74, 6) is 0.785. The van der Waals surface area contributed by atoms with Crippen LogP contribution in [0.2, 0.25) is 0 Å². The van der Waals surface area contributed by atoms with Gasteiger partial charge in [0, 0.05) is 0 Å². The molecule has 1 aromatic carbocycles. The lowest BCUT2D eigenvalue weighted by Gasteiger charge is -2.09. The third kappa shape index (κ3) is 3.15. The molecule has 13 heavy (non-hydrogen) atoms. The second kappa shape index (κ2) is 4.50. The minimum absolute atomic E-state index is 0.154. The van der Waals surface area contributed by atoms with Crippen LogP contribution in [-0.4, -0.2) is 17.5 Å². The van der Waals surface area contributed by atoms with E-state index < -0.39 is 0 Å². The lowest BCUT2D eigenvalue weighted by atomic mass is 10.2. The Bertz CT molecular complexity index is 295. The summed E-state index contributed by atoms with van der Waals surface area (Å²) in [6.45, 7) is 3.93. The number of nitrogens with zero attached hydrogens (tertiary/aromatic N) is 1. The van der Waals surface area contributed by atoms with Crippen LogP contribution in [0.3, 0.4) is 0 Å². The topological polar surface area (TPSA) is 41.8 Å². The third-order valence-corrected chi connectivity index (χ3v) is 1.44. The molecule has 1 N–H and O–H groups in total. The van der Waals surface area contributed by atoms with E-state index in [1.807, 2.05) is 38.1 Å². The second-order valence-corrected chi connectivity index (χ2v) is 2.98. The quantitative estimate of drug-likeness (QED) is 0.439. The minimum Gasteiger partial charge on any atom is -0.491 e. The van der Waals surface area contributed by atoms with Crippen LogP contribution < -0.4 is 4.74 Å². The Labute approximate surface area is 77.6 Å². The predicted molar refractivity (Wildman–Crippen MR) is 51.6 cm³/mol. The molecule has 0 bridgehead atoms. The zero-order valence-electron chi connectivity index (χ0n) is 7.77. The summed E-state index contributed by atoms with van der Waals surface area (Å²) in [4.78, 5) is 0. The van der Waals surface area contributed by atoms with Crippen LogP contribution in [0.5, 0.6) is 5.75 Å². The smallest absolute Gasteiger partial charge is 0.120 e. The maximum absolute atomic E-state index is 8.32. The molecule has 0 spiro atoms. The van der Waals surface area contributed by atoms with Gasteiger partial charge in [-0.2, -0.15) is 0 Å². The summed E-state index contributed by atoms with van der Waals surface area (Å²) < 4.78 is 5.46. The van der Waals surface area contributed by atoms with E-state index in [-0.39, 0.29) is 6.10 Å². The van der Waals surface area contributed by atoms with E-state index in [2.05, 4.69) is 5.16 Å². The standard InChI is InChI=1S/C10H13NO2/c1-8(2)13-10-5-3-4-9(6-10)7-11-12/h3-8,12H,1-2H3/b11-7-. The van der Waals surface area contributed by atoms with Crippen molar-refractivity contribution < 1.29 is 9.94 Å². The fourth-order valence-electron chi connectivity index (χ4n) is 1.01. The number of hydrogen-bond donors (Lipinski definition) is 1. The molecule has 0 fully saturated rings. The lowest BCUT2D eigenvalue weighted by molar-refractivity contribution is 0.242. The van der Waals surface area contributed by atoms with E-state index in [0.29, 0.717) is 0 Å². The van der Waals surface area contributed by atoms with Crippen molar-refractivity contribution in [2.24, 2.45) is 5.16 Å². The first kappa shape index (κ1) is 9.58. The molecule has 0 aromatic heterocycles. The summed E-state index contributed by atoms with van der Waals surface area (Å²) >= 11 is 0. The molecule has 0 heterocycles. The summed E-state index contributed by atoms with van der Waals surface area (Å²) in [5, 5.41) is 11.3. The van der Waals surface area contributed by atoms with Crippen molar-refractivity contribution in [3.63, 3.8) is 0 Å². The highest BCUT2D eigenvalue weighted by Crippen LogP contribution is 2.13. The van der Waals surface area contributed by atoms with Gasteiger partial charge in [0.1, 0.15) is 5.75 Å². The molecule has 0 unspecified atom stereocenters. The molecular formula is C10H13NO2. The Morgan fingerprint density at radius 2 is 2.23 bits per heavy atom. The van der Waals surface area contributed by atoms with Gasteiger partial charge < -0.3 is 9.94 Å². The van der Waals surface area contributed by atoms with Crippen molar-refractivity contribution in [1.82, 2.24) is 0 Å². The molecule has 3 heteroatoms. The zero-order chi connectivity index (χ0) is 9.68. The molecule has 0 amide bonds. The molecule has 0 aliphatic rings. The Morgan fingerprint density at radius 1 is 1.46 bits per heavy atom. The van der Waals surface area contributed by atoms with Gasteiger partial charge in [-0.15, -0.1) is 0 Å². The van der Waals surface area contributed by atoms with E-state index in [4.69, 9.17) is 9.94 Å². The predicted octanol–water partition coefficient (Wildman–Crippen LogP) is 2.28. The SMILES string of the molecule is CC(C)Oc1cccc(/C=N\O)c1. The molecule has 0 aliphatic heterocycles. The normalized spacial score (nSPS) is 11.0. The van der Waals surface area contributed by atoms with Crippen LogP contribution in [0.25, 0.3) is 0 Å². The average molecular weight is 179 g/mol. The van der Waals surface area contributed by atoms with E-state index in [1.165, 1.54) is 6.21 Å². The fourth-order valence-corrected chi connectivity index (χ4v) is 1.01. The first-order chi connectivity index (χ1) is 6.22. The van der Waals surface area contributed by atoms with Crippen LogP contribution in [0, 0.1) is 0 Å². The highest BCUT2D eigenvalue weighted by molar-refractivity contribution is 5.79. The number of rotatable bonds is 3. The molecule has 0 radical (unpaired) electrons. The molecule has 0 aliphatic carbocycles. The average Bonchev–Trinajstić information content (AvgIpc) is 2.04. The van der Waals surface area contributed by atoms with Crippen LogP contribution in [0.4, 0.5) is 0 Å². The van der Waals surface area contributed by atoms with E-state index in [1.54, 1.807) is 0 Å². The monoisotopic (exact) mass is 179 g/mol. The van der Waals surface area contributed by atoms with Crippen LogP contribution >= 0.6 is 0 Å². The summed E-state index contributed by atoms with van der Waals surface area (Å²) in [6.07, 6.45) is 1.52. The van der Waals surface area contributed by atoms with Gasteiger partial charge in [-0.3, -0.25) is 0 Å². The third-order valence-electron chi connectivity index (χ3n) is 1.44. The first-order valence-electron chi connectivity index (χ1n) is 4.16. The molecule has 70 valence electrons. The minimum atomic E-state index is 0.154. The molecule has 0 saturated heterocycles. The van der Waals surface area contributed by atoms with Crippen molar-refractivity contribution in [2.75, 3.05) is 0 Å². The van der Waals surface area contributed by atoms with E-state index in [0.717, 1.165) is 11.3 Å². The molecule has 0 atom stereocenters. The number of hydrogen-bond acceptors (Lipinski definition) is 3. The molecule has 3 nitrogen and oxygen atoms in total. The van der Waals surface area contributed by atoms with Crippen molar-refractivity contribution in [1.29, 1.82) is 0 Å². The van der Waals surface area contributed by atoms with Gasteiger partial charge in [-0.1, -0.05) is 17.3 Å². The van der Waals surface area contributed by atoms with Gasteiger partial charge in [-0.25, -0.2) is 0 Å². The highest BCUT2D eigenvalue weighted by atomic mass is 16.5. The van der Waals surface area contributed by atoms with Crippen molar-refractivity contribution in [3.8, 4) is 5.75 Å². The summed E-state index contributed by atoms with van der Waals surface area (Å²) in [7, 11) is 0. The molecule has 0 saturated carbocycles. The summed E-state index contributed by atoms with van der Waals surface area (Å²) in [5.41, 5.74) is 0.820. The van der Waals surface area contributed by atoms with Gasteiger partial charge in [0.05, 0.1) is 12.3 Å². The van der Waals surface area contributed by atoms with E-state index >= 15 is 0 Å². The van der Waals surface area contributed by atoms with Gasteiger partial charge >= 0.3 is 0 Å². The lowest BCUT2D eigenvalue weighted by Crippen LogP contribution is -2.05. The Balaban J connectivity index is 2.79. The van der Waals surface area contributed by atoms with Crippen molar-refractivity contribution >= 4 is 6.21 Å². The van der Waals surface area contributed by atoms with Crippen LogP contribution in [-0.2, 0) is 0 Å². The maximum atomic E-state index is 8.32. The van der Waals surface area contributed by atoms with Crippen molar-refractivity contribution in [2.45, 2.75) is 20.0 Å². The van der Waals surface area contributed by atoms with Gasteiger partial charge in [0.25, 0.3) is 0 Å². The molecule has 1 aromatic rings. The van der Waals surface area contributed by atoms with Crippen molar-refractivity contribution in [3.05, 3.63) is 29.8 Å². The largest absolute Gasteiger partial charge is 0.491 e. The number of ether oxygens (including phenoxy) is 1. The summed E-state index contributed by atoms with van der Waals surface area (Å²) in [6, 6.07) is 7.38. The Kier molecular flexibility index (Phi) is 3.31. The van der Waals surface area contributed by atoms with Crippen LogP contribution in [0.15, 0.2) is 29.4 Å². The Morgan fingerprint density at radius 3 is 2.85 bits per heavy atom.